The van der Waals surface area contributed by atoms with Gasteiger partial charge in [0.25, 0.3) is 0 Å². The maximum absolute atomic E-state index is 5.49. The monoisotopic (exact) mass is 263 g/mol. The van der Waals surface area contributed by atoms with Crippen molar-refractivity contribution >= 4 is 26.8 Å². The quantitative estimate of drug-likeness (QED) is 0.846. The predicted molar refractivity (Wildman–Crippen MR) is 65.3 cm³/mol. The Labute approximate surface area is 96.7 Å². The highest BCUT2D eigenvalue weighted by Gasteiger charge is 1.97. The van der Waals surface area contributed by atoms with Gasteiger partial charge in [0, 0.05) is 22.1 Å². The Bertz CT molecular complexity index is 496. The van der Waals surface area contributed by atoms with Crippen LogP contribution in [0.3, 0.4) is 0 Å². The molecule has 0 saturated heterocycles. The van der Waals surface area contributed by atoms with E-state index < -0.39 is 0 Å². The molecule has 3 heteroatoms. The summed E-state index contributed by atoms with van der Waals surface area (Å²) in [5.41, 5.74) is 0.940. The number of pyridine rings is 1. The van der Waals surface area contributed by atoms with Crippen LogP contribution in [0.15, 0.2) is 47.6 Å². The second kappa shape index (κ2) is 4.45. The summed E-state index contributed by atoms with van der Waals surface area (Å²) in [6.45, 7) is 4.18. The van der Waals surface area contributed by atoms with Gasteiger partial charge in [-0.2, -0.15) is 0 Å². The molecule has 0 saturated carbocycles. The summed E-state index contributed by atoms with van der Waals surface area (Å²) in [7, 11) is 0. The van der Waals surface area contributed by atoms with Gasteiger partial charge in [-0.05, 0) is 18.2 Å². The number of rotatable bonds is 3. The first kappa shape index (κ1) is 10.2. The van der Waals surface area contributed by atoms with Crippen LogP contribution in [-0.2, 0) is 0 Å². The van der Waals surface area contributed by atoms with E-state index in [-0.39, 0.29) is 0 Å². The van der Waals surface area contributed by atoms with Crippen LogP contribution < -0.4 is 4.74 Å². The van der Waals surface area contributed by atoms with Crippen LogP contribution in [0, 0.1) is 0 Å². The zero-order valence-electron chi connectivity index (χ0n) is 8.11. The van der Waals surface area contributed by atoms with E-state index in [1.807, 2.05) is 30.3 Å². The number of nitrogens with zero attached hydrogens (tertiary/aromatic N) is 1. The van der Waals surface area contributed by atoms with Gasteiger partial charge in [-0.3, -0.25) is 4.98 Å². The van der Waals surface area contributed by atoms with Gasteiger partial charge in [-0.1, -0.05) is 28.6 Å². The molecule has 0 spiro atoms. The molecule has 76 valence electrons. The molecular weight excluding hydrogens is 254 g/mol. The van der Waals surface area contributed by atoms with Gasteiger partial charge in [0.05, 0.1) is 5.52 Å². The van der Waals surface area contributed by atoms with Crippen LogP contribution in [0.2, 0.25) is 0 Å². The summed E-state index contributed by atoms with van der Waals surface area (Å²) in [6, 6.07) is 9.79. The first-order chi connectivity index (χ1) is 7.25. The molecule has 1 aromatic carbocycles. The van der Waals surface area contributed by atoms with Crippen molar-refractivity contribution in [3.8, 4) is 5.75 Å². The van der Waals surface area contributed by atoms with Gasteiger partial charge in [0.2, 0.25) is 0 Å². The second-order valence-electron chi connectivity index (χ2n) is 3.16. The molecule has 0 atom stereocenters. The molecule has 0 bridgehead atoms. The minimum atomic E-state index is 0.471. The fourth-order valence-electron chi connectivity index (χ4n) is 1.30. The maximum Gasteiger partial charge on any atom is 0.122 e. The van der Waals surface area contributed by atoms with E-state index in [0.717, 1.165) is 21.1 Å². The molecule has 2 nitrogen and oxygen atoms in total. The number of ether oxygens (including phenoxy) is 1. The zero-order chi connectivity index (χ0) is 10.7. The third-order valence-corrected chi connectivity index (χ3v) is 2.20. The van der Waals surface area contributed by atoms with Gasteiger partial charge in [-0.15, -0.1) is 0 Å². The minimum Gasteiger partial charge on any atom is -0.488 e. The molecule has 1 aromatic heterocycles. The third kappa shape index (κ3) is 2.57. The molecule has 0 amide bonds. The summed E-state index contributed by atoms with van der Waals surface area (Å²) in [5, 5.41) is 1.11. The molecule has 0 aliphatic carbocycles. The first-order valence-electron chi connectivity index (χ1n) is 4.56. The van der Waals surface area contributed by atoms with Gasteiger partial charge < -0.3 is 4.74 Å². The molecule has 1 heterocycles. The maximum atomic E-state index is 5.49. The molecule has 0 unspecified atom stereocenters. The highest BCUT2D eigenvalue weighted by molar-refractivity contribution is 9.11. The lowest BCUT2D eigenvalue weighted by molar-refractivity contribution is 0.361. The highest BCUT2D eigenvalue weighted by atomic mass is 79.9. The summed E-state index contributed by atoms with van der Waals surface area (Å²) in [4.78, 5) is 4.25. The number of benzene rings is 1. The second-order valence-corrected chi connectivity index (χ2v) is 4.29. The Morgan fingerprint density at radius 3 is 3.07 bits per heavy atom. The molecule has 2 aromatic rings. The number of aromatic nitrogens is 1. The molecule has 0 aliphatic heterocycles. The van der Waals surface area contributed by atoms with Crippen molar-refractivity contribution in [2.75, 3.05) is 6.61 Å². The number of hydrogen-bond donors (Lipinski definition) is 0. The fourth-order valence-corrected chi connectivity index (χ4v) is 1.41. The topological polar surface area (TPSA) is 22.1 Å². The lowest BCUT2D eigenvalue weighted by Gasteiger charge is -2.05. The van der Waals surface area contributed by atoms with Crippen molar-refractivity contribution in [1.29, 1.82) is 0 Å². The van der Waals surface area contributed by atoms with E-state index >= 15 is 0 Å². The van der Waals surface area contributed by atoms with Crippen LogP contribution in [0.1, 0.15) is 0 Å². The van der Waals surface area contributed by atoms with Crippen molar-refractivity contribution in [1.82, 2.24) is 4.98 Å². The summed E-state index contributed by atoms with van der Waals surface area (Å²) in [5.74, 6) is 0.807. The Balaban J connectivity index is 2.26. The number of halogens is 1. The van der Waals surface area contributed by atoms with E-state index in [2.05, 4.69) is 27.5 Å². The fraction of sp³-hybridized carbons (Fsp3) is 0.0833. The molecule has 2 rings (SSSR count). The normalized spacial score (nSPS) is 10.2. The minimum absolute atomic E-state index is 0.471. The lowest BCUT2D eigenvalue weighted by atomic mass is 10.2. The van der Waals surface area contributed by atoms with Gasteiger partial charge >= 0.3 is 0 Å². The third-order valence-electron chi connectivity index (χ3n) is 1.97. The van der Waals surface area contributed by atoms with Crippen LogP contribution in [0.25, 0.3) is 10.9 Å². The Morgan fingerprint density at radius 2 is 2.27 bits per heavy atom. The van der Waals surface area contributed by atoms with E-state index in [4.69, 9.17) is 4.74 Å². The molecule has 0 aliphatic rings. The van der Waals surface area contributed by atoms with Crippen molar-refractivity contribution in [3.05, 3.63) is 47.6 Å². The molecule has 0 N–H and O–H groups in total. The number of hydrogen-bond acceptors (Lipinski definition) is 2. The van der Waals surface area contributed by atoms with E-state index in [1.165, 1.54) is 0 Å². The van der Waals surface area contributed by atoms with Gasteiger partial charge in [0.1, 0.15) is 12.4 Å². The standard InChI is InChI=1S/C12H10BrNO/c1-9(13)8-15-11-5-4-10-3-2-6-14-12(10)7-11/h2-7H,1,8H2. The van der Waals surface area contributed by atoms with Crippen LogP contribution in [0.4, 0.5) is 0 Å². The zero-order valence-corrected chi connectivity index (χ0v) is 9.70. The van der Waals surface area contributed by atoms with Gasteiger partial charge in [0.15, 0.2) is 0 Å². The molecular formula is C12H10BrNO. The lowest BCUT2D eigenvalue weighted by Crippen LogP contribution is -1.95. The SMILES string of the molecule is C=C(Br)COc1ccc2cccnc2c1. The summed E-state index contributed by atoms with van der Waals surface area (Å²) < 4.78 is 6.31. The van der Waals surface area contributed by atoms with E-state index in [0.29, 0.717) is 6.61 Å². The number of fused-ring (bicyclic) bond motifs is 1. The van der Waals surface area contributed by atoms with Crippen molar-refractivity contribution in [3.63, 3.8) is 0 Å². The van der Waals surface area contributed by atoms with Gasteiger partial charge in [-0.25, -0.2) is 0 Å². The average Bonchev–Trinajstić information content (AvgIpc) is 2.26. The Morgan fingerprint density at radius 1 is 1.40 bits per heavy atom. The van der Waals surface area contributed by atoms with Crippen molar-refractivity contribution in [2.45, 2.75) is 0 Å². The Hall–Kier alpha value is -1.35. The predicted octanol–water partition coefficient (Wildman–Crippen LogP) is 3.52. The Kier molecular flexibility index (Phi) is 3.02. The highest BCUT2D eigenvalue weighted by Crippen LogP contribution is 2.19. The molecule has 15 heavy (non-hydrogen) atoms. The van der Waals surface area contributed by atoms with E-state index in [9.17, 15) is 0 Å². The summed E-state index contributed by atoms with van der Waals surface area (Å²) in [6.07, 6.45) is 1.77. The molecule has 0 fully saturated rings. The summed E-state index contributed by atoms with van der Waals surface area (Å²) >= 11 is 3.25. The molecule has 0 radical (unpaired) electrons. The average molecular weight is 264 g/mol. The van der Waals surface area contributed by atoms with Crippen LogP contribution in [-0.4, -0.2) is 11.6 Å². The van der Waals surface area contributed by atoms with Crippen LogP contribution >= 0.6 is 15.9 Å². The van der Waals surface area contributed by atoms with Crippen LogP contribution in [0.5, 0.6) is 5.75 Å². The first-order valence-corrected chi connectivity index (χ1v) is 5.36. The largest absolute Gasteiger partial charge is 0.488 e. The van der Waals surface area contributed by atoms with Crippen molar-refractivity contribution < 1.29 is 4.74 Å². The smallest absolute Gasteiger partial charge is 0.122 e. The van der Waals surface area contributed by atoms with Crippen molar-refractivity contribution in [2.24, 2.45) is 0 Å². The van der Waals surface area contributed by atoms with E-state index in [1.54, 1.807) is 6.20 Å².